The van der Waals surface area contributed by atoms with Crippen LogP contribution >= 0.6 is 0 Å². The smallest absolute Gasteiger partial charge is 0.220 e. The topological polar surface area (TPSA) is 64.3 Å². The first-order valence-corrected chi connectivity index (χ1v) is 7.26. The Morgan fingerprint density at radius 3 is 2.67 bits per heavy atom. The van der Waals surface area contributed by atoms with Crippen molar-refractivity contribution in [3.05, 3.63) is 42.0 Å². The van der Waals surface area contributed by atoms with E-state index in [1.807, 2.05) is 30.3 Å². The minimum absolute atomic E-state index is 0.0817. The number of methoxy groups -OCH3 is 1. The summed E-state index contributed by atoms with van der Waals surface area (Å²) in [4.78, 5) is 11.7. The first-order chi connectivity index (χ1) is 10.2. The van der Waals surface area contributed by atoms with Gasteiger partial charge in [-0.05, 0) is 53.9 Å². The van der Waals surface area contributed by atoms with E-state index in [9.17, 15) is 4.79 Å². The third kappa shape index (κ3) is 4.46. The Bertz CT molecular complexity index is 611. The molecule has 0 radical (unpaired) electrons. The van der Waals surface area contributed by atoms with Crippen LogP contribution in [-0.2, 0) is 11.3 Å². The van der Waals surface area contributed by atoms with Gasteiger partial charge in [-0.15, -0.1) is 0 Å². The standard InChI is InChI=1S/C17H22N2O2/c1-21-16-8-7-14-10-13(5-6-15(14)11-16)12-19-17(20)4-2-3-9-18/h5-8,10-11H,2-4,9,12,18H2,1H3,(H,19,20). The van der Waals surface area contributed by atoms with Crippen LogP contribution in [0.5, 0.6) is 5.75 Å². The van der Waals surface area contributed by atoms with Crippen LogP contribution in [0.1, 0.15) is 24.8 Å². The summed E-state index contributed by atoms with van der Waals surface area (Å²) in [6.45, 7) is 1.20. The number of unbranched alkanes of at least 4 members (excludes halogenated alkanes) is 1. The van der Waals surface area contributed by atoms with Gasteiger partial charge in [-0.2, -0.15) is 0 Å². The lowest BCUT2D eigenvalue weighted by Gasteiger charge is -2.07. The summed E-state index contributed by atoms with van der Waals surface area (Å²) in [7, 11) is 1.66. The fourth-order valence-electron chi connectivity index (χ4n) is 2.23. The Hall–Kier alpha value is -2.07. The van der Waals surface area contributed by atoms with E-state index in [4.69, 9.17) is 10.5 Å². The highest BCUT2D eigenvalue weighted by molar-refractivity contribution is 5.84. The molecule has 4 heteroatoms. The molecule has 0 aliphatic rings. The van der Waals surface area contributed by atoms with E-state index in [1.165, 1.54) is 0 Å². The summed E-state index contributed by atoms with van der Waals surface area (Å²) in [6.07, 6.45) is 2.28. The molecule has 0 spiro atoms. The lowest BCUT2D eigenvalue weighted by Crippen LogP contribution is -2.22. The maximum atomic E-state index is 11.7. The predicted molar refractivity (Wildman–Crippen MR) is 85.3 cm³/mol. The van der Waals surface area contributed by atoms with Crippen LogP contribution in [0.25, 0.3) is 10.8 Å². The summed E-state index contributed by atoms with van der Waals surface area (Å²) in [5.41, 5.74) is 6.51. The second-order valence-corrected chi connectivity index (χ2v) is 5.07. The lowest BCUT2D eigenvalue weighted by molar-refractivity contribution is -0.121. The first-order valence-electron chi connectivity index (χ1n) is 7.26. The number of ether oxygens (including phenoxy) is 1. The molecule has 0 bridgehead atoms. The number of benzene rings is 2. The number of nitrogens with two attached hydrogens (primary N) is 1. The summed E-state index contributed by atoms with van der Waals surface area (Å²) in [6, 6.07) is 12.1. The molecule has 0 saturated carbocycles. The van der Waals surface area contributed by atoms with Crippen molar-refractivity contribution in [2.45, 2.75) is 25.8 Å². The molecule has 2 rings (SSSR count). The second-order valence-electron chi connectivity index (χ2n) is 5.07. The molecular weight excluding hydrogens is 264 g/mol. The van der Waals surface area contributed by atoms with Gasteiger partial charge < -0.3 is 15.8 Å². The second kappa shape index (κ2) is 7.64. The molecule has 0 saturated heterocycles. The molecule has 0 aromatic heterocycles. The number of carbonyl (C=O) groups excluding carboxylic acids is 1. The molecule has 2 aromatic rings. The van der Waals surface area contributed by atoms with E-state index in [1.54, 1.807) is 7.11 Å². The van der Waals surface area contributed by atoms with Crippen molar-refractivity contribution in [2.75, 3.05) is 13.7 Å². The number of amides is 1. The molecule has 2 aromatic carbocycles. The highest BCUT2D eigenvalue weighted by atomic mass is 16.5. The molecule has 0 heterocycles. The Balaban J connectivity index is 1.95. The number of hydrogen-bond acceptors (Lipinski definition) is 3. The molecule has 1 amide bonds. The Morgan fingerprint density at radius 1 is 1.14 bits per heavy atom. The molecule has 0 fully saturated rings. The molecule has 21 heavy (non-hydrogen) atoms. The van der Waals surface area contributed by atoms with Gasteiger partial charge >= 0.3 is 0 Å². The van der Waals surface area contributed by atoms with E-state index in [0.29, 0.717) is 19.5 Å². The molecule has 0 unspecified atom stereocenters. The van der Waals surface area contributed by atoms with Gasteiger partial charge in [0.05, 0.1) is 7.11 Å². The fourth-order valence-corrected chi connectivity index (χ4v) is 2.23. The Kier molecular flexibility index (Phi) is 5.58. The van der Waals surface area contributed by atoms with Gasteiger partial charge in [-0.1, -0.05) is 18.2 Å². The van der Waals surface area contributed by atoms with E-state index in [2.05, 4.69) is 11.4 Å². The van der Waals surface area contributed by atoms with Crippen LogP contribution in [0.4, 0.5) is 0 Å². The maximum absolute atomic E-state index is 11.7. The molecular formula is C17H22N2O2. The summed E-state index contributed by atoms with van der Waals surface area (Å²) < 4.78 is 5.21. The minimum atomic E-state index is 0.0817. The first kappa shape index (κ1) is 15.3. The van der Waals surface area contributed by atoms with Gasteiger partial charge in [-0.25, -0.2) is 0 Å². The third-order valence-electron chi connectivity index (χ3n) is 3.46. The highest BCUT2D eigenvalue weighted by Crippen LogP contribution is 2.21. The lowest BCUT2D eigenvalue weighted by atomic mass is 10.1. The van der Waals surface area contributed by atoms with Crippen molar-refractivity contribution < 1.29 is 9.53 Å². The SMILES string of the molecule is COc1ccc2cc(CNC(=O)CCCCN)ccc2c1. The van der Waals surface area contributed by atoms with Gasteiger partial charge in [0.2, 0.25) is 5.91 Å². The van der Waals surface area contributed by atoms with Gasteiger partial charge in [-0.3, -0.25) is 4.79 Å². The van der Waals surface area contributed by atoms with Crippen LogP contribution in [0, 0.1) is 0 Å². The average Bonchev–Trinajstić information content (AvgIpc) is 2.52. The monoisotopic (exact) mass is 286 g/mol. The Morgan fingerprint density at radius 2 is 1.90 bits per heavy atom. The zero-order valence-electron chi connectivity index (χ0n) is 12.4. The number of carbonyl (C=O) groups is 1. The average molecular weight is 286 g/mol. The molecule has 0 atom stereocenters. The van der Waals surface area contributed by atoms with Crippen LogP contribution in [0.3, 0.4) is 0 Å². The quantitative estimate of drug-likeness (QED) is 0.769. The van der Waals surface area contributed by atoms with Crippen LogP contribution in [0.2, 0.25) is 0 Å². The number of rotatable bonds is 7. The van der Waals surface area contributed by atoms with E-state index in [0.717, 1.165) is 34.9 Å². The number of hydrogen-bond donors (Lipinski definition) is 2. The number of fused-ring (bicyclic) bond motifs is 1. The number of nitrogens with one attached hydrogen (secondary N) is 1. The van der Waals surface area contributed by atoms with Crippen molar-refractivity contribution in [1.82, 2.24) is 5.32 Å². The van der Waals surface area contributed by atoms with Gasteiger partial charge in [0, 0.05) is 13.0 Å². The Labute approximate surface area is 125 Å². The molecule has 3 N–H and O–H groups in total. The van der Waals surface area contributed by atoms with E-state index < -0.39 is 0 Å². The van der Waals surface area contributed by atoms with Gasteiger partial charge in [0.15, 0.2) is 0 Å². The maximum Gasteiger partial charge on any atom is 0.220 e. The highest BCUT2D eigenvalue weighted by Gasteiger charge is 2.02. The van der Waals surface area contributed by atoms with Crippen LogP contribution in [0.15, 0.2) is 36.4 Å². The van der Waals surface area contributed by atoms with Crippen LogP contribution in [-0.4, -0.2) is 19.6 Å². The zero-order valence-corrected chi connectivity index (χ0v) is 12.4. The fraction of sp³-hybridized carbons (Fsp3) is 0.353. The molecule has 112 valence electrons. The van der Waals surface area contributed by atoms with Crippen molar-refractivity contribution in [1.29, 1.82) is 0 Å². The van der Waals surface area contributed by atoms with Crippen molar-refractivity contribution in [3.8, 4) is 5.75 Å². The molecule has 4 nitrogen and oxygen atoms in total. The largest absolute Gasteiger partial charge is 0.497 e. The molecule has 0 aliphatic carbocycles. The van der Waals surface area contributed by atoms with E-state index >= 15 is 0 Å². The minimum Gasteiger partial charge on any atom is -0.497 e. The normalized spacial score (nSPS) is 10.6. The summed E-state index contributed by atoms with van der Waals surface area (Å²) in [5.74, 6) is 0.932. The van der Waals surface area contributed by atoms with Gasteiger partial charge in [0.25, 0.3) is 0 Å². The third-order valence-corrected chi connectivity index (χ3v) is 3.46. The van der Waals surface area contributed by atoms with Crippen molar-refractivity contribution in [3.63, 3.8) is 0 Å². The van der Waals surface area contributed by atoms with Crippen LogP contribution < -0.4 is 15.8 Å². The van der Waals surface area contributed by atoms with Crippen molar-refractivity contribution in [2.24, 2.45) is 5.73 Å². The predicted octanol–water partition coefficient (Wildman–Crippen LogP) is 2.59. The summed E-state index contributed by atoms with van der Waals surface area (Å²) in [5, 5.41) is 5.22. The van der Waals surface area contributed by atoms with Crippen molar-refractivity contribution >= 4 is 16.7 Å². The summed E-state index contributed by atoms with van der Waals surface area (Å²) >= 11 is 0. The molecule has 0 aliphatic heterocycles. The van der Waals surface area contributed by atoms with E-state index in [-0.39, 0.29) is 5.91 Å². The zero-order chi connectivity index (χ0) is 15.1. The van der Waals surface area contributed by atoms with Gasteiger partial charge in [0.1, 0.15) is 5.75 Å².